The zero-order chi connectivity index (χ0) is 22.3. The first-order valence-electron chi connectivity index (χ1n) is 9.15. The number of benzene rings is 3. The fourth-order valence-corrected chi connectivity index (χ4v) is 3.68. The first-order chi connectivity index (χ1) is 14.7. The topological polar surface area (TPSA) is 122 Å². The van der Waals surface area contributed by atoms with E-state index in [-0.39, 0.29) is 33.1 Å². The van der Waals surface area contributed by atoms with Gasteiger partial charge < -0.3 is 14.6 Å². The summed E-state index contributed by atoms with van der Waals surface area (Å²) in [5.41, 5.74) is 4.09. The maximum atomic E-state index is 11.1. The maximum absolute atomic E-state index is 11.1. The molecule has 1 aromatic heterocycles. The molecular weight excluding hydrogens is 466 g/mol. The summed E-state index contributed by atoms with van der Waals surface area (Å²) in [4.78, 5) is 19.3. The fraction of sp³-hybridized carbons (Fsp3) is 0.0909. The largest absolute Gasteiger partial charge is 0.507 e. The predicted octanol–water partition coefficient (Wildman–Crippen LogP) is 5.94. The number of phenolic OH excluding ortho intramolecular Hbond substituents is 2. The molecular formula is C22H16BrN3O5. The van der Waals surface area contributed by atoms with E-state index in [1.165, 1.54) is 24.4 Å². The second-order valence-corrected chi connectivity index (χ2v) is 7.89. The van der Waals surface area contributed by atoms with E-state index in [1.54, 1.807) is 12.1 Å². The van der Waals surface area contributed by atoms with Crippen LogP contribution in [0.15, 0.2) is 56.3 Å². The van der Waals surface area contributed by atoms with Gasteiger partial charge in [-0.1, -0.05) is 6.07 Å². The van der Waals surface area contributed by atoms with Crippen molar-refractivity contribution in [3.8, 4) is 23.0 Å². The van der Waals surface area contributed by atoms with Crippen molar-refractivity contribution in [3.63, 3.8) is 0 Å². The number of nitro benzene ring substituents is 1. The van der Waals surface area contributed by atoms with Crippen LogP contribution in [0.4, 0.5) is 11.4 Å². The lowest BCUT2D eigenvalue weighted by molar-refractivity contribution is -0.385. The van der Waals surface area contributed by atoms with Gasteiger partial charge in [0.2, 0.25) is 5.89 Å². The summed E-state index contributed by atoms with van der Waals surface area (Å²) in [6, 6.07) is 10.9. The van der Waals surface area contributed by atoms with Gasteiger partial charge in [-0.2, -0.15) is 0 Å². The standard InChI is InChI=1S/C22H16BrN3O5/c1-11-5-12(2)21-18(6-11)25-22(31-21)16-8-14(3-4-19(16)27)24-10-13-7-15(26(29)30)9-17(23)20(13)28/h3-10,27-28H,1-2H3. The van der Waals surface area contributed by atoms with Gasteiger partial charge in [-0.25, -0.2) is 4.98 Å². The van der Waals surface area contributed by atoms with Crippen LogP contribution in [-0.2, 0) is 0 Å². The van der Waals surface area contributed by atoms with Crippen molar-refractivity contribution in [3.05, 3.63) is 73.7 Å². The molecule has 3 aromatic carbocycles. The lowest BCUT2D eigenvalue weighted by Gasteiger charge is -2.03. The summed E-state index contributed by atoms with van der Waals surface area (Å²) < 4.78 is 6.06. The Morgan fingerprint density at radius 2 is 1.94 bits per heavy atom. The zero-order valence-corrected chi connectivity index (χ0v) is 18.0. The van der Waals surface area contributed by atoms with E-state index >= 15 is 0 Å². The van der Waals surface area contributed by atoms with E-state index in [2.05, 4.69) is 25.9 Å². The van der Waals surface area contributed by atoms with Crippen LogP contribution in [0.1, 0.15) is 16.7 Å². The molecule has 4 aromatic rings. The number of aromatic hydroxyl groups is 2. The molecule has 0 aliphatic rings. The van der Waals surface area contributed by atoms with Crippen LogP contribution >= 0.6 is 15.9 Å². The molecule has 0 fully saturated rings. The molecule has 2 N–H and O–H groups in total. The second kappa shape index (κ2) is 7.84. The zero-order valence-electron chi connectivity index (χ0n) is 16.5. The molecule has 1 heterocycles. The third-order valence-corrected chi connectivity index (χ3v) is 5.28. The van der Waals surface area contributed by atoms with Crippen LogP contribution in [-0.4, -0.2) is 26.3 Å². The molecule has 0 saturated carbocycles. The summed E-state index contributed by atoms with van der Waals surface area (Å²) >= 11 is 3.10. The third kappa shape index (κ3) is 3.99. The van der Waals surface area contributed by atoms with Gasteiger partial charge in [-0.3, -0.25) is 15.1 Å². The van der Waals surface area contributed by atoms with Gasteiger partial charge in [0.1, 0.15) is 17.0 Å². The molecule has 8 nitrogen and oxygen atoms in total. The van der Waals surface area contributed by atoms with Crippen molar-refractivity contribution >= 4 is 44.6 Å². The second-order valence-electron chi connectivity index (χ2n) is 7.03. The quantitative estimate of drug-likeness (QED) is 0.211. The van der Waals surface area contributed by atoms with Crippen LogP contribution in [0.25, 0.3) is 22.6 Å². The Labute approximate surface area is 184 Å². The number of hydrogen-bond donors (Lipinski definition) is 2. The molecule has 0 unspecified atom stereocenters. The minimum absolute atomic E-state index is 0.0270. The lowest BCUT2D eigenvalue weighted by atomic mass is 10.1. The minimum Gasteiger partial charge on any atom is -0.507 e. The highest BCUT2D eigenvalue weighted by Gasteiger charge is 2.16. The van der Waals surface area contributed by atoms with E-state index < -0.39 is 4.92 Å². The molecule has 0 aliphatic carbocycles. The molecule has 9 heteroatoms. The van der Waals surface area contributed by atoms with Crippen LogP contribution in [0.5, 0.6) is 11.5 Å². The average Bonchev–Trinajstić information content (AvgIpc) is 3.14. The van der Waals surface area contributed by atoms with Gasteiger partial charge in [-0.15, -0.1) is 0 Å². The molecule has 0 atom stereocenters. The van der Waals surface area contributed by atoms with Crippen LogP contribution < -0.4 is 0 Å². The number of oxazole rings is 1. The number of halogens is 1. The molecule has 4 rings (SSSR count). The number of aliphatic imine (C=N–C) groups is 1. The van der Waals surface area contributed by atoms with Crippen molar-refractivity contribution < 1.29 is 19.6 Å². The van der Waals surface area contributed by atoms with Gasteiger partial charge >= 0.3 is 0 Å². The smallest absolute Gasteiger partial charge is 0.271 e. The summed E-state index contributed by atoms with van der Waals surface area (Å²) in [6.07, 6.45) is 1.31. The molecule has 0 radical (unpaired) electrons. The molecule has 0 saturated heterocycles. The van der Waals surface area contributed by atoms with Gasteiger partial charge in [0.15, 0.2) is 5.58 Å². The van der Waals surface area contributed by atoms with Crippen molar-refractivity contribution in [2.45, 2.75) is 13.8 Å². The number of hydrogen-bond acceptors (Lipinski definition) is 7. The average molecular weight is 482 g/mol. The first-order valence-corrected chi connectivity index (χ1v) is 9.94. The Morgan fingerprint density at radius 1 is 1.16 bits per heavy atom. The van der Waals surface area contributed by atoms with Crippen LogP contribution in [0.2, 0.25) is 0 Å². The van der Waals surface area contributed by atoms with Gasteiger partial charge in [0, 0.05) is 23.9 Å². The highest BCUT2D eigenvalue weighted by Crippen LogP contribution is 2.36. The van der Waals surface area contributed by atoms with Crippen molar-refractivity contribution in [1.82, 2.24) is 4.98 Å². The number of nitrogens with zero attached hydrogens (tertiary/aromatic N) is 3. The first kappa shape index (κ1) is 20.5. The molecule has 0 aliphatic heterocycles. The minimum atomic E-state index is -0.558. The Hall–Kier alpha value is -3.72. The van der Waals surface area contributed by atoms with E-state index in [4.69, 9.17) is 4.42 Å². The predicted molar refractivity (Wildman–Crippen MR) is 120 cm³/mol. The number of rotatable bonds is 4. The Kier molecular flexibility index (Phi) is 5.20. The molecule has 156 valence electrons. The normalized spacial score (nSPS) is 11.5. The number of non-ortho nitro benzene ring substituents is 1. The highest BCUT2D eigenvalue weighted by molar-refractivity contribution is 9.10. The highest BCUT2D eigenvalue weighted by atomic mass is 79.9. The van der Waals surface area contributed by atoms with Crippen molar-refractivity contribution in [1.29, 1.82) is 0 Å². The van der Waals surface area contributed by atoms with Gasteiger partial charge in [-0.05, 0) is 65.2 Å². The fourth-order valence-electron chi connectivity index (χ4n) is 3.22. The van der Waals surface area contributed by atoms with E-state index in [0.29, 0.717) is 22.4 Å². The van der Waals surface area contributed by atoms with Crippen molar-refractivity contribution in [2.75, 3.05) is 0 Å². The summed E-state index contributed by atoms with van der Waals surface area (Å²) in [5, 5.41) is 31.6. The number of aryl methyl sites for hydroxylation is 2. The summed E-state index contributed by atoms with van der Waals surface area (Å²) in [7, 11) is 0. The molecule has 31 heavy (non-hydrogen) atoms. The molecule has 0 amide bonds. The third-order valence-electron chi connectivity index (χ3n) is 4.67. The van der Waals surface area contributed by atoms with Gasteiger partial charge in [0.05, 0.1) is 20.6 Å². The molecule has 0 spiro atoms. The van der Waals surface area contributed by atoms with Gasteiger partial charge in [0.25, 0.3) is 5.69 Å². The number of fused-ring (bicyclic) bond motifs is 1. The van der Waals surface area contributed by atoms with Crippen LogP contribution in [0.3, 0.4) is 0 Å². The van der Waals surface area contributed by atoms with E-state index in [9.17, 15) is 20.3 Å². The molecule has 0 bridgehead atoms. The Balaban J connectivity index is 1.74. The van der Waals surface area contributed by atoms with Crippen LogP contribution in [0, 0.1) is 24.0 Å². The van der Waals surface area contributed by atoms with E-state index in [0.717, 1.165) is 11.1 Å². The SMILES string of the molecule is Cc1cc(C)c2oc(-c3cc(N=Cc4cc([N+](=O)[O-])cc(Br)c4O)ccc3O)nc2c1. The number of nitro groups is 1. The Morgan fingerprint density at radius 3 is 2.68 bits per heavy atom. The lowest BCUT2D eigenvalue weighted by Crippen LogP contribution is -1.91. The summed E-state index contributed by atoms with van der Waals surface area (Å²) in [5.74, 6) is 0.0539. The van der Waals surface area contributed by atoms with Crippen molar-refractivity contribution in [2.24, 2.45) is 4.99 Å². The summed E-state index contributed by atoms with van der Waals surface area (Å²) in [6.45, 7) is 3.89. The number of aromatic nitrogens is 1. The van der Waals surface area contributed by atoms with E-state index in [1.807, 2.05) is 26.0 Å². The monoisotopic (exact) mass is 481 g/mol. The number of phenols is 2. The maximum Gasteiger partial charge on any atom is 0.271 e. The Bertz CT molecular complexity index is 1380.